The normalized spacial score (nSPS) is 6.67. The van der Waals surface area contributed by atoms with E-state index in [1.165, 1.54) is 0 Å². The summed E-state index contributed by atoms with van der Waals surface area (Å²) >= 11 is 0. The second-order valence-electron chi connectivity index (χ2n) is 1.50. The number of rotatable bonds is 0. The fraction of sp³-hybridized carbons (Fsp3) is 0. The molecule has 0 saturated carbocycles. The summed E-state index contributed by atoms with van der Waals surface area (Å²) in [4.78, 5) is 103. The van der Waals surface area contributed by atoms with Crippen molar-refractivity contribution in [3.8, 4) is 0 Å². The molecule has 96 valence electrons. The van der Waals surface area contributed by atoms with E-state index in [0.29, 0.717) is 0 Å². The van der Waals surface area contributed by atoms with Crippen molar-refractivity contribution >= 4 is 27.1 Å². The molecule has 0 fully saturated rings. The van der Waals surface area contributed by atoms with Gasteiger partial charge >= 0.3 is 617 Å². The quantitative estimate of drug-likeness (QED) is 0.209. The van der Waals surface area contributed by atoms with Crippen molar-refractivity contribution in [3.05, 3.63) is 0 Å². The van der Waals surface area contributed by atoms with Crippen LogP contribution < -0.4 is 674 Å². The van der Waals surface area contributed by atoms with Crippen LogP contribution >= 0.6 is 0 Å². The van der Waals surface area contributed by atoms with Crippen molar-refractivity contribution in [2.45, 2.75) is 0 Å². The number of hydrogen-bond acceptors (Lipinski definition) is 12. The monoisotopic (exact) mass is 743 g/mol. The average Bonchev–Trinajstić information content (AvgIpc) is 1.41. The van der Waals surface area contributed by atoms with Crippen LogP contribution in [0, 0.1) is 0 Å². The minimum absolute atomic E-state index is 0. The average molecular weight is 745 g/mol. The molecule has 0 unspecified atom stereocenters. The summed E-state index contributed by atoms with van der Waals surface area (Å²) in [7, 11) is -16.8. The van der Waals surface area contributed by atoms with E-state index in [2.05, 4.69) is 0 Å². The summed E-state index contributed by atoms with van der Waals surface area (Å²) in [5, 5.41) is 0. The maximum Gasteiger partial charge on any atom is 1.00 e. The molecule has 0 aromatic carbocycles. The SMILES string of the molecule is [K+].[K+].[K+].[K+].[K+].[K+].[K+].[K+].[K+].[K+].[K+].[K+].[O-][Si]([O-])([O-])[O-].[O-][Si]([O-])([O-])[O-].[O-][Si]([O-])([O-])[O-]. The van der Waals surface area contributed by atoms with Gasteiger partial charge in [0.15, 0.2) is 0 Å². The van der Waals surface area contributed by atoms with E-state index in [4.69, 9.17) is 57.5 Å². The van der Waals surface area contributed by atoms with Gasteiger partial charge in [0.2, 0.25) is 0 Å². The van der Waals surface area contributed by atoms with Gasteiger partial charge in [-0.3, -0.25) is 0 Å². The van der Waals surface area contributed by atoms with Gasteiger partial charge in [0.05, 0.1) is 0 Å². The summed E-state index contributed by atoms with van der Waals surface area (Å²) < 4.78 is 0. The van der Waals surface area contributed by atoms with Crippen molar-refractivity contribution in [1.29, 1.82) is 0 Å². The summed E-state index contributed by atoms with van der Waals surface area (Å²) in [5.74, 6) is 0. The van der Waals surface area contributed by atoms with E-state index < -0.39 is 27.1 Å². The van der Waals surface area contributed by atoms with E-state index in [1.54, 1.807) is 0 Å². The first-order valence-electron chi connectivity index (χ1n) is 2.45. The van der Waals surface area contributed by atoms with Crippen LogP contribution in [-0.4, -0.2) is 27.1 Å². The Labute approximate surface area is 673 Å². The molecule has 0 saturated heterocycles. The van der Waals surface area contributed by atoms with Gasteiger partial charge < -0.3 is 84.7 Å². The van der Waals surface area contributed by atoms with Crippen LogP contribution in [0.2, 0.25) is 0 Å². The van der Waals surface area contributed by atoms with Crippen molar-refractivity contribution in [2.75, 3.05) is 0 Å². The van der Waals surface area contributed by atoms with Crippen molar-refractivity contribution in [3.63, 3.8) is 0 Å². The van der Waals surface area contributed by atoms with E-state index in [0.717, 1.165) is 0 Å². The molecule has 0 spiro atoms. The van der Waals surface area contributed by atoms with Gasteiger partial charge in [-0.15, -0.1) is 0 Å². The first-order valence-corrected chi connectivity index (χ1v) is 7.35. The van der Waals surface area contributed by atoms with Gasteiger partial charge in [0.1, 0.15) is 0 Å². The predicted molar refractivity (Wildman–Crippen MR) is 17.3 cm³/mol. The Morgan fingerprint density at radius 1 is 0.185 bits per heavy atom. The molecule has 0 heterocycles. The smallest absolute Gasteiger partial charge is 0.894 e. The molecule has 0 aliphatic heterocycles. The van der Waals surface area contributed by atoms with Crippen molar-refractivity contribution in [2.24, 2.45) is 0 Å². The molecular weight excluding hydrogens is 745 g/mol. The van der Waals surface area contributed by atoms with Gasteiger partial charge in [-0.25, -0.2) is 0 Å². The van der Waals surface area contributed by atoms with Crippen LogP contribution in [0.3, 0.4) is 0 Å². The molecule has 0 aromatic heterocycles. The summed E-state index contributed by atoms with van der Waals surface area (Å²) in [5.41, 5.74) is 0. The molecule has 0 rings (SSSR count). The largest absolute Gasteiger partial charge is 1.00 e. The van der Waals surface area contributed by atoms with Crippen LogP contribution in [0.15, 0.2) is 0 Å². The van der Waals surface area contributed by atoms with E-state index in [9.17, 15) is 0 Å². The molecule has 27 heteroatoms. The minimum Gasteiger partial charge on any atom is -0.894 e. The molecule has 0 radical (unpaired) electrons. The molecule has 0 aromatic rings. The van der Waals surface area contributed by atoms with Gasteiger partial charge in [0, 0.05) is 0 Å². The van der Waals surface area contributed by atoms with Crippen molar-refractivity contribution in [1.82, 2.24) is 0 Å². The van der Waals surface area contributed by atoms with Gasteiger partial charge in [-0.2, -0.15) is 0 Å². The fourth-order valence-electron chi connectivity index (χ4n) is 0. The first-order chi connectivity index (χ1) is 6.00. The second kappa shape index (κ2) is 64.3. The van der Waals surface area contributed by atoms with Crippen LogP contribution in [0.4, 0.5) is 0 Å². The molecule has 0 aliphatic carbocycles. The Morgan fingerprint density at radius 3 is 0.185 bits per heavy atom. The second-order valence-corrected chi connectivity index (χ2v) is 4.50. The summed E-state index contributed by atoms with van der Waals surface area (Å²) in [6, 6.07) is 0. The zero-order valence-corrected chi connectivity index (χ0v) is 58.9. The third-order valence-electron chi connectivity index (χ3n) is 0. The first kappa shape index (κ1) is 97.1. The zero-order chi connectivity index (χ0) is 13.5. The molecule has 12 nitrogen and oxygen atoms in total. The predicted octanol–water partition coefficient (Wildman–Crippen LogP) is -51.4. The molecule has 27 heavy (non-hydrogen) atoms. The summed E-state index contributed by atoms with van der Waals surface area (Å²) in [6.45, 7) is 0. The third-order valence-corrected chi connectivity index (χ3v) is 0. The Balaban J connectivity index is -0.00000000503. The molecule has 0 amide bonds. The topological polar surface area (TPSA) is 277 Å². The third kappa shape index (κ3) is 224. The van der Waals surface area contributed by atoms with Gasteiger partial charge in [-0.1, -0.05) is 0 Å². The van der Waals surface area contributed by atoms with E-state index in [-0.39, 0.29) is 617 Å². The maximum atomic E-state index is 8.58. The Hall–Kier alpha value is 19.8. The molecular formula is K12O12Si3. The maximum absolute atomic E-state index is 8.58. The van der Waals surface area contributed by atoms with Crippen LogP contribution in [0.5, 0.6) is 0 Å². The molecule has 0 bridgehead atoms. The Bertz CT molecular complexity index is 113. The van der Waals surface area contributed by atoms with Crippen molar-refractivity contribution < 1.29 is 674 Å². The Morgan fingerprint density at radius 2 is 0.185 bits per heavy atom. The summed E-state index contributed by atoms with van der Waals surface area (Å²) in [6.07, 6.45) is 0. The molecule has 0 aliphatic rings. The van der Waals surface area contributed by atoms with Gasteiger partial charge in [0.25, 0.3) is 0 Å². The van der Waals surface area contributed by atoms with E-state index in [1.807, 2.05) is 0 Å². The standard InChI is InChI=1S/12K.3O4Si/c;;;;;;;;;;;;3*1-5(2,3)4/q12*+1;3*-4. The van der Waals surface area contributed by atoms with Crippen LogP contribution in [0.1, 0.15) is 0 Å². The zero-order valence-electron chi connectivity index (χ0n) is 18.4. The Kier molecular flexibility index (Phi) is 231. The van der Waals surface area contributed by atoms with E-state index >= 15 is 0 Å². The molecule has 0 atom stereocenters. The van der Waals surface area contributed by atoms with Gasteiger partial charge in [-0.05, 0) is 0 Å². The van der Waals surface area contributed by atoms with Crippen LogP contribution in [0.25, 0.3) is 0 Å². The number of hydrogen-bond donors (Lipinski definition) is 0. The molecule has 0 N–H and O–H groups in total. The fourth-order valence-corrected chi connectivity index (χ4v) is 0. The van der Waals surface area contributed by atoms with Crippen LogP contribution in [-0.2, 0) is 0 Å². The minimum atomic E-state index is -5.61.